The Labute approximate surface area is 206 Å². The average molecular weight is 494 g/mol. The van der Waals surface area contributed by atoms with Gasteiger partial charge in [-0.3, -0.25) is 9.59 Å². The second kappa shape index (κ2) is 11.0. The number of ether oxygens (including phenoxy) is 2. The Morgan fingerprint density at radius 2 is 1.94 bits per heavy atom. The molecular weight excluding hydrogens is 454 g/mol. The van der Waals surface area contributed by atoms with Gasteiger partial charge in [-0.2, -0.15) is 0 Å². The lowest BCUT2D eigenvalue weighted by molar-refractivity contribution is -0.151. The van der Waals surface area contributed by atoms with Crippen molar-refractivity contribution in [3.63, 3.8) is 0 Å². The van der Waals surface area contributed by atoms with Gasteiger partial charge in [0.25, 0.3) is 0 Å². The predicted octanol–water partition coefficient (Wildman–Crippen LogP) is 4.09. The van der Waals surface area contributed by atoms with E-state index in [0.717, 1.165) is 35.5 Å². The van der Waals surface area contributed by atoms with E-state index < -0.39 is 36.1 Å². The smallest absolute Gasteiger partial charge is 0.309 e. The monoisotopic (exact) mass is 493 g/mol. The second-order valence-corrected chi connectivity index (χ2v) is 11.5. The van der Waals surface area contributed by atoms with Crippen LogP contribution in [0.1, 0.15) is 77.4 Å². The highest BCUT2D eigenvalue weighted by Crippen LogP contribution is 2.45. The van der Waals surface area contributed by atoms with E-state index in [4.69, 9.17) is 9.47 Å². The van der Waals surface area contributed by atoms with E-state index in [1.807, 2.05) is 32.2 Å². The molecule has 3 heterocycles. The third-order valence-corrected chi connectivity index (χ3v) is 8.33. The molecule has 1 aromatic rings. The van der Waals surface area contributed by atoms with Crippen LogP contribution in [0.3, 0.4) is 0 Å². The van der Waals surface area contributed by atoms with Gasteiger partial charge >= 0.3 is 5.97 Å². The number of hydrogen-bond donors (Lipinski definition) is 2. The third-order valence-electron chi connectivity index (χ3n) is 7.54. The molecule has 2 aliphatic rings. The lowest BCUT2D eigenvalue weighted by Gasteiger charge is -2.28. The Hall–Kier alpha value is -1.61. The fourth-order valence-electron chi connectivity index (χ4n) is 4.87. The maximum atomic E-state index is 12.9. The number of epoxide rings is 1. The maximum absolute atomic E-state index is 12.9. The first-order valence-corrected chi connectivity index (χ1v) is 13.2. The SMILES string of the molecule is CC(=Cc1csc(C)n1)C1CC2OC2(C)CCCC(C)C(O)C(C)C(=O)C(C)C(O)CC(=O)O1. The third kappa shape index (κ3) is 6.53. The van der Waals surface area contributed by atoms with Gasteiger partial charge < -0.3 is 19.7 Å². The highest BCUT2D eigenvalue weighted by atomic mass is 32.1. The van der Waals surface area contributed by atoms with Crippen LogP contribution in [-0.4, -0.2) is 57.0 Å². The van der Waals surface area contributed by atoms with Crippen LogP contribution >= 0.6 is 11.3 Å². The fraction of sp³-hybridized carbons (Fsp3) is 0.731. The van der Waals surface area contributed by atoms with Crippen LogP contribution in [-0.2, 0) is 19.1 Å². The van der Waals surface area contributed by atoms with Crippen molar-refractivity contribution in [3.8, 4) is 0 Å². The molecule has 2 saturated heterocycles. The molecule has 2 fully saturated rings. The Morgan fingerprint density at radius 1 is 1.24 bits per heavy atom. The van der Waals surface area contributed by atoms with E-state index in [9.17, 15) is 19.8 Å². The molecule has 8 unspecified atom stereocenters. The number of thiazole rings is 1. The number of aliphatic hydroxyl groups excluding tert-OH is 2. The predicted molar refractivity (Wildman–Crippen MR) is 131 cm³/mol. The molecule has 0 bridgehead atoms. The van der Waals surface area contributed by atoms with Gasteiger partial charge in [-0.25, -0.2) is 4.98 Å². The quantitative estimate of drug-likeness (QED) is 0.472. The van der Waals surface area contributed by atoms with Gasteiger partial charge in [0, 0.05) is 23.6 Å². The topological polar surface area (TPSA) is 109 Å². The minimum Gasteiger partial charge on any atom is -0.458 e. The standard InChI is InChI=1S/C26H39NO6S/c1-14-8-7-9-26(6)22(33-26)12-21(15(2)10-19-13-34-18(5)27-19)32-23(29)11-20(28)16(3)25(31)17(4)24(14)30/h10,13-14,16-17,20-22,24,28,30H,7-9,11-12H2,1-6H3. The van der Waals surface area contributed by atoms with Crippen molar-refractivity contribution < 1.29 is 29.3 Å². The number of ketones is 1. The van der Waals surface area contributed by atoms with Gasteiger partial charge in [-0.1, -0.05) is 27.2 Å². The Morgan fingerprint density at radius 3 is 2.59 bits per heavy atom. The number of cyclic esters (lactones) is 1. The minimum absolute atomic E-state index is 0.0386. The average Bonchev–Trinajstić information content (AvgIpc) is 3.22. The Bertz CT molecular complexity index is 913. The van der Waals surface area contributed by atoms with E-state index in [1.54, 1.807) is 25.2 Å². The molecule has 34 heavy (non-hydrogen) atoms. The van der Waals surface area contributed by atoms with E-state index in [-0.39, 0.29) is 29.8 Å². The van der Waals surface area contributed by atoms with E-state index in [1.165, 1.54) is 0 Å². The molecule has 0 spiro atoms. The van der Waals surface area contributed by atoms with Crippen molar-refractivity contribution in [2.24, 2.45) is 17.8 Å². The summed E-state index contributed by atoms with van der Waals surface area (Å²) in [6.45, 7) is 11.2. The molecule has 3 rings (SSSR count). The lowest BCUT2D eigenvalue weighted by atomic mass is 9.81. The van der Waals surface area contributed by atoms with Crippen LogP contribution in [0.15, 0.2) is 11.0 Å². The number of aromatic nitrogens is 1. The van der Waals surface area contributed by atoms with Crippen molar-refractivity contribution >= 4 is 29.2 Å². The van der Waals surface area contributed by atoms with Crippen LogP contribution in [0.5, 0.6) is 0 Å². The molecule has 1 aromatic heterocycles. The normalized spacial score (nSPS) is 38.8. The summed E-state index contributed by atoms with van der Waals surface area (Å²) >= 11 is 1.56. The summed E-state index contributed by atoms with van der Waals surface area (Å²) in [6.07, 6.45) is 2.12. The number of fused-ring (bicyclic) bond motifs is 1. The summed E-state index contributed by atoms with van der Waals surface area (Å²) in [5.41, 5.74) is 1.39. The summed E-state index contributed by atoms with van der Waals surface area (Å²) in [6, 6.07) is 0. The first-order chi connectivity index (χ1) is 15.9. The number of nitrogens with zero attached hydrogens (tertiary/aromatic N) is 1. The molecule has 2 N–H and O–H groups in total. The number of aryl methyl sites for hydroxylation is 1. The van der Waals surface area contributed by atoms with Gasteiger partial charge in [0.05, 0.1) is 41.0 Å². The van der Waals surface area contributed by atoms with Crippen LogP contribution in [0.4, 0.5) is 0 Å². The minimum atomic E-state index is -1.17. The molecule has 0 radical (unpaired) electrons. The highest BCUT2D eigenvalue weighted by Gasteiger charge is 2.52. The van der Waals surface area contributed by atoms with Crippen LogP contribution in [0.25, 0.3) is 6.08 Å². The van der Waals surface area contributed by atoms with Crippen molar-refractivity contribution in [1.82, 2.24) is 4.98 Å². The summed E-state index contributed by atoms with van der Waals surface area (Å²) in [5.74, 6) is -2.25. The zero-order valence-electron chi connectivity index (χ0n) is 21.1. The second-order valence-electron chi connectivity index (χ2n) is 10.4. The van der Waals surface area contributed by atoms with Gasteiger partial charge in [-0.05, 0) is 51.2 Å². The molecule has 0 aromatic carbocycles. The molecule has 7 nitrogen and oxygen atoms in total. The zero-order valence-corrected chi connectivity index (χ0v) is 21.9. The van der Waals surface area contributed by atoms with Crippen molar-refractivity contribution in [2.75, 3.05) is 0 Å². The molecule has 0 amide bonds. The van der Waals surface area contributed by atoms with E-state index in [2.05, 4.69) is 11.9 Å². The summed E-state index contributed by atoms with van der Waals surface area (Å²) in [4.78, 5) is 30.2. The van der Waals surface area contributed by atoms with Crippen LogP contribution in [0.2, 0.25) is 0 Å². The molecule has 0 saturated carbocycles. The number of carbonyl (C=O) groups excluding carboxylic acids is 2. The number of esters is 1. The molecular formula is C26H39NO6S. The fourth-order valence-corrected chi connectivity index (χ4v) is 5.44. The van der Waals surface area contributed by atoms with Crippen molar-refractivity contribution in [1.29, 1.82) is 0 Å². The first-order valence-electron chi connectivity index (χ1n) is 12.3. The van der Waals surface area contributed by atoms with Crippen molar-refractivity contribution in [3.05, 3.63) is 21.7 Å². The molecule has 8 atom stereocenters. The first kappa shape index (κ1) is 27.0. The molecule has 2 aliphatic heterocycles. The lowest BCUT2D eigenvalue weighted by Crippen LogP contribution is -2.39. The number of hydrogen-bond acceptors (Lipinski definition) is 8. The highest BCUT2D eigenvalue weighted by molar-refractivity contribution is 7.09. The van der Waals surface area contributed by atoms with Crippen LogP contribution < -0.4 is 0 Å². The summed E-state index contributed by atoms with van der Waals surface area (Å²) in [7, 11) is 0. The molecule has 0 aliphatic carbocycles. The van der Waals surface area contributed by atoms with E-state index in [0.29, 0.717) is 6.42 Å². The van der Waals surface area contributed by atoms with Gasteiger partial charge in [0.2, 0.25) is 0 Å². The van der Waals surface area contributed by atoms with Crippen molar-refractivity contribution in [2.45, 2.75) is 104 Å². The summed E-state index contributed by atoms with van der Waals surface area (Å²) in [5, 5.41) is 24.2. The maximum Gasteiger partial charge on any atom is 0.309 e. The number of aliphatic hydroxyl groups is 2. The molecule has 8 heteroatoms. The van der Waals surface area contributed by atoms with E-state index >= 15 is 0 Å². The Kier molecular flexibility index (Phi) is 8.71. The van der Waals surface area contributed by atoms with Gasteiger partial charge in [0.15, 0.2) is 0 Å². The largest absolute Gasteiger partial charge is 0.458 e. The summed E-state index contributed by atoms with van der Waals surface area (Å²) < 4.78 is 11.9. The number of rotatable bonds is 2. The molecule has 190 valence electrons. The van der Waals surface area contributed by atoms with Crippen LogP contribution in [0, 0.1) is 24.7 Å². The van der Waals surface area contributed by atoms with Gasteiger partial charge in [0.1, 0.15) is 11.9 Å². The number of Topliss-reactive ketones (excluding diaryl/α,β-unsaturated/α-hetero) is 1. The zero-order chi connectivity index (χ0) is 25.2. The Balaban J connectivity index is 1.81. The van der Waals surface area contributed by atoms with Gasteiger partial charge in [-0.15, -0.1) is 11.3 Å². The number of carbonyl (C=O) groups is 2.